The highest BCUT2D eigenvalue weighted by Gasteiger charge is 2.66. The van der Waals surface area contributed by atoms with Crippen LogP contribution in [0.25, 0.3) is 33.4 Å². The molecule has 3 aliphatic rings. The highest BCUT2D eigenvalue weighted by molar-refractivity contribution is 5.82. The first-order valence-electron chi connectivity index (χ1n) is 11.8. The highest BCUT2D eigenvalue weighted by Crippen LogP contribution is 2.60. The van der Waals surface area contributed by atoms with Gasteiger partial charge in [-0.1, -0.05) is 6.07 Å². The van der Waals surface area contributed by atoms with Crippen molar-refractivity contribution in [2.45, 2.75) is 43.1 Å². The van der Waals surface area contributed by atoms with E-state index >= 15 is 4.39 Å². The van der Waals surface area contributed by atoms with Crippen LogP contribution >= 0.6 is 0 Å². The van der Waals surface area contributed by atoms with Gasteiger partial charge in [-0.15, -0.1) is 10.2 Å². The summed E-state index contributed by atoms with van der Waals surface area (Å²) in [5, 5.41) is 23.4. The first-order valence-corrected chi connectivity index (χ1v) is 11.8. The number of nitrogens with zero attached hydrogens (tertiary/aromatic N) is 3. The van der Waals surface area contributed by atoms with E-state index in [2.05, 4.69) is 20.5 Å². The number of benzene rings is 1. The number of rotatable bonds is 3. The lowest BCUT2D eigenvalue weighted by molar-refractivity contribution is 0.119. The maximum absolute atomic E-state index is 15.4. The van der Waals surface area contributed by atoms with Crippen molar-refractivity contribution in [3.63, 3.8) is 0 Å². The van der Waals surface area contributed by atoms with Crippen LogP contribution in [0.1, 0.15) is 25.3 Å². The third-order valence-corrected chi connectivity index (χ3v) is 7.96. The summed E-state index contributed by atoms with van der Waals surface area (Å²) in [6.45, 7) is 0. The molecule has 3 fully saturated rings. The summed E-state index contributed by atoms with van der Waals surface area (Å²) in [7, 11) is 0. The molecule has 0 amide bonds. The van der Waals surface area contributed by atoms with Gasteiger partial charge in [0.25, 0.3) is 5.56 Å². The number of halogens is 1. The van der Waals surface area contributed by atoms with Gasteiger partial charge in [0.15, 0.2) is 5.65 Å². The lowest BCUT2D eigenvalue weighted by Gasteiger charge is -2.36. The predicted molar refractivity (Wildman–Crippen MR) is 128 cm³/mol. The Kier molecular flexibility index (Phi) is 4.15. The second kappa shape index (κ2) is 7.08. The average Bonchev–Trinajstić information content (AvgIpc) is 3.41. The molecule has 176 valence electrons. The lowest BCUT2D eigenvalue weighted by atomic mass is 9.93. The molecule has 5 atom stereocenters. The number of aromatic nitrogens is 4. The van der Waals surface area contributed by atoms with Crippen LogP contribution in [0, 0.1) is 5.92 Å². The van der Waals surface area contributed by atoms with Crippen LogP contribution in [-0.4, -0.2) is 42.6 Å². The van der Waals surface area contributed by atoms with Crippen molar-refractivity contribution in [2.75, 3.05) is 0 Å². The molecule has 2 saturated heterocycles. The minimum atomic E-state index is -1.17. The molecule has 1 spiro atoms. The Labute approximate surface area is 198 Å². The SMILES string of the molecule is O=c1cc(-c2ccc(-c3cc4ccc(=O)n([C@H]5CC67CC6CC(N7)[C@H]5F)c4nn3)c(O)c2)cc[nH]1. The van der Waals surface area contributed by atoms with Gasteiger partial charge in [0.05, 0.1) is 11.7 Å². The fraction of sp³-hybridized carbons (Fsp3) is 0.308. The number of phenols is 1. The summed E-state index contributed by atoms with van der Waals surface area (Å²) >= 11 is 0. The summed E-state index contributed by atoms with van der Waals surface area (Å²) in [6, 6.07) is 12.3. The Morgan fingerprint density at radius 1 is 1.03 bits per heavy atom. The number of fused-ring (bicyclic) bond motifs is 2. The third kappa shape index (κ3) is 3.07. The Balaban J connectivity index is 1.28. The standard InChI is InChI=1S/C26H22FN5O3/c27-24-19-10-16-11-26(16,29-19)12-20(24)32-23(35)4-2-15-7-18(30-31-25(15)32)17-3-1-13(8-21(17)33)14-5-6-28-22(34)9-14/h1-9,16,19-20,24,29,33H,10-12H2,(H,28,34)/t16?,19?,20-,24+,26?/m0/s1. The van der Waals surface area contributed by atoms with E-state index in [1.807, 2.05) is 0 Å². The van der Waals surface area contributed by atoms with Gasteiger partial charge in [-0.2, -0.15) is 0 Å². The van der Waals surface area contributed by atoms with Crippen molar-refractivity contribution in [3.05, 3.63) is 75.4 Å². The maximum Gasteiger partial charge on any atom is 0.252 e. The monoisotopic (exact) mass is 471 g/mol. The zero-order valence-corrected chi connectivity index (χ0v) is 18.6. The van der Waals surface area contributed by atoms with E-state index in [0.717, 1.165) is 12.8 Å². The molecule has 4 aromatic rings. The molecule has 2 bridgehead atoms. The molecule has 0 radical (unpaired) electrons. The number of aromatic hydroxyl groups is 1. The van der Waals surface area contributed by atoms with Crippen LogP contribution in [0.4, 0.5) is 4.39 Å². The number of nitrogens with one attached hydrogen (secondary N) is 2. The molecule has 9 heteroatoms. The minimum absolute atomic E-state index is 0.0117. The molecule has 5 heterocycles. The Hall–Kier alpha value is -3.85. The molecule has 3 unspecified atom stereocenters. The molecule has 8 nitrogen and oxygen atoms in total. The largest absolute Gasteiger partial charge is 0.507 e. The van der Waals surface area contributed by atoms with Gasteiger partial charge in [-0.3, -0.25) is 14.2 Å². The minimum Gasteiger partial charge on any atom is -0.507 e. The van der Waals surface area contributed by atoms with Crippen LogP contribution in [-0.2, 0) is 0 Å². The normalized spacial score (nSPS) is 28.7. The number of alkyl halides is 1. The zero-order chi connectivity index (χ0) is 23.9. The number of hydrogen-bond acceptors (Lipinski definition) is 6. The summed E-state index contributed by atoms with van der Waals surface area (Å²) in [4.78, 5) is 27.1. The van der Waals surface area contributed by atoms with Crippen LogP contribution in [0.15, 0.2) is 64.3 Å². The Bertz CT molecular complexity index is 1630. The summed E-state index contributed by atoms with van der Waals surface area (Å²) in [5.41, 5.74) is 2.06. The fourth-order valence-electron chi connectivity index (χ4n) is 6.17. The molecular formula is C26H22FN5O3. The third-order valence-electron chi connectivity index (χ3n) is 7.96. The van der Waals surface area contributed by atoms with Crippen molar-refractivity contribution >= 4 is 11.0 Å². The maximum atomic E-state index is 15.4. The number of H-pyrrole nitrogens is 1. The van der Waals surface area contributed by atoms with Gasteiger partial charge in [0, 0.05) is 40.9 Å². The smallest absolute Gasteiger partial charge is 0.252 e. The van der Waals surface area contributed by atoms with Gasteiger partial charge in [0.1, 0.15) is 11.9 Å². The second-order valence-electron chi connectivity index (χ2n) is 9.98. The van der Waals surface area contributed by atoms with Crippen molar-refractivity contribution in [1.29, 1.82) is 0 Å². The molecule has 1 saturated carbocycles. The zero-order valence-electron chi connectivity index (χ0n) is 18.6. The summed E-state index contributed by atoms with van der Waals surface area (Å²) in [6.07, 6.45) is 2.81. The lowest BCUT2D eigenvalue weighted by Crippen LogP contribution is -2.52. The van der Waals surface area contributed by atoms with E-state index in [0.29, 0.717) is 45.8 Å². The van der Waals surface area contributed by atoms with Crippen molar-refractivity contribution in [2.24, 2.45) is 5.92 Å². The van der Waals surface area contributed by atoms with E-state index in [9.17, 15) is 14.7 Å². The van der Waals surface area contributed by atoms with E-state index in [1.54, 1.807) is 42.6 Å². The highest BCUT2D eigenvalue weighted by atomic mass is 19.1. The molecule has 2 aliphatic heterocycles. The fourth-order valence-corrected chi connectivity index (χ4v) is 6.17. The number of pyridine rings is 2. The van der Waals surface area contributed by atoms with Crippen LogP contribution < -0.4 is 16.4 Å². The van der Waals surface area contributed by atoms with Crippen LogP contribution in [0.3, 0.4) is 0 Å². The van der Waals surface area contributed by atoms with Gasteiger partial charge in [0.2, 0.25) is 5.56 Å². The van der Waals surface area contributed by atoms with E-state index in [-0.39, 0.29) is 28.4 Å². The molecule has 3 N–H and O–H groups in total. The molecule has 1 aromatic carbocycles. The molecule has 35 heavy (non-hydrogen) atoms. The summed E-state index contributed by atoms with van der Waals surface area (Å²) in [5.74, 6) is 0.488. The molecular weight excluding hydrogens is 449 g/mol. The first-order chi connectivity index (χ1) is 16.9. The summed E-state index contributed by atoms with van der Waals surface area (Å²) < 4.78 is 16.9. The van der Waals surface area contributed by atoms with Crippen LogP contribution in [0.2, 0.25) is 0 Å². The van der Waals surface area contributed by atoms with Gasteiger partial charge in [-0.05, 0) is 66.6 Å². The predicted octanol–water partition coefficient (Wildman–Crippen LogP) is 2.92. The number of phenolic OH excluding ortho intramolecular Hbond substituents is 1. The topological polar surface area (TPSA) is 113 Å². The Morgan fingerprint density at radius 2 is 1.89 bits per heavy atom. The molecule has 7 rings (SSSR count). The number of piperidine rings is 2. The van der Waals surface area contributed by atoms with Crippen molar-refractivity contribution in [3.8, 4) is 28.1 Å². The molecule has 1 aliphatic carbocycles. The van der Waals surface area contributed by atoms with Crippen molar-refractivity contribution < 1.29 is 9.50 Å². The average molecular weight is 471 g/mol. The number of hydrogen-bond donors (Lipinski definition) is 3. The van der Waals surface area contributed by atoms with Gasteiger partial charge >= 0.3 is 0 Å². The quantitative estimate of drug-likeness (QED) is 0.424. The van der Waals surface area contributed by atoms with Crippen molar-refractivity contribution in [1.82, 2.24) is 25.1 Å². The van der Waals surface area contributed by atoms with Crippen LogP contribution in [0.5, 0.6) is 5.75 Å². The number of aromatic amines is 1. The van der Waals surface area contributed by atoms with E-state index in [4.69, 9.17) is 0 Å². The van der Waals surface area contributed by atoms with E-state index in [1.165, 1.54) is 16.7 Å². The molecule has 3 aromatic heterocycles. The first kappa shape index (κ1) is 20.5. The van der Waals surface area contributed by atoms with E-state index < -0.39 is 12.2 Å². The second-order valence-corrected chi connectivity index (χ2v) is 9.98. The van der Waals surface area contributed by atoms with Gasteiger partial charge in [-0.25, -0.2) is 4.39 Å². The Morgan fingerprint density at radius 3 is 2.71 bits per heavy atom. The van der Waals surface area contributed by atoms with Gasteiger partial charge < -0.3 is 15.4 Å².